The number of methoxy groups -OCH3 is 1. The van der Waals surface area contributed by atoms with Crippen LogP contribution in [0.5, 0.6) is 0 Å². The van der Waals surface area contributed by atoms with Gasteiger partial charge in [-0.1, -0.05) is 0 Å². The van der Waals surface area contributed by atoms with E-state index in [0.717, 1.165) is 44.6 Å². The SMILES string of the molecule is COCCN1CCC[C@H](CNC(=O)c2cc(F)cc(C#N)c2)C1. The summed E-state index contributed by atoms with van der Waals surface area (Å²) in [7, 11) is 1.69. The van der Waals surface area contributed by atoms with Gasteiger partial charge >= 0.3 is 0 Å². The molecule has 1 heterocycles. The highest BCUT2D eigenvalue weighted by atomic mass is 19.1. The largest absolute Gasteiger partial charge is 0.383 e. The Labute approximate surface area is 136 Å². The molecule has 0 unspecified atom stereocenters. The molecule has 5 nitrogen and oxygen atoms in total. The highest BCUT2D eigenvalue weighted by Crippen LogP contribution is 2.16. The lowest BCUT2D eigenvalue weighted by molar-refractivity contribution is 0.0912. The third-order valence-corrected chi connectivity index (χ3v) is 4.06. The minimum Gasteiger partial charge on any atom is -0.383 e. The maximum Gasteiger partial charge on any atom is 0.251 e. The molecule has 0 spiro atoms. The highest BCUT2D eigenvalue weighted by molar-refractivity contribution is 5.94. The van der Waals surface area contributed by atoms with Crippen LogP contribution in [0.25, 0.3) is 0 Å². The second kappa shape index (κ2) is 8.61. The van der Waals surface area contributed by atoms with E-state index in [1.165, 1.54) is 6.07 Å². The summed E-state index contributed by atoms with van der Waals surface area (Å²) in [5.74, 6) is -0.527. The minimum atomic E-state index is -0.572. The van der Waals surface area contributed by atoms with Crippen molar-refractivity contribution in [3.63, 3.8) is 0 Å². The number of nitriles is 1. The van der Waals surface area contributed by atoms with E-state index in [4.69, 9.17) is 10.00 Å². The van der Waals surface area contributed by atoms with E-state index in [9.17, 15) is 9.18 Å². The number of likely N-dealkylation sites (tertiary alicyclic amines) is 1. The quantitative estimate of drug-likeness (QED) is 0.868. The molecule has 6 heteroatoms. The van der Waals surface area contributed by atoms with Crippen LogP contribution in [-0.2, 0) is 4.74 Å². The third-order valence-electron chi connectivity index (χ3n) is 4.06. The van der Waals surface area contributed by atoms with Crippen LogP contribution in [0.1, 0.15) is 28.8 Å². The minimum absolute atomic E-state index is 0.151. The summed E-state index contributed by atoms with van der Waals surface area (Å²) < 4.78 is 18.5. The topological polar surface area (TPSA) is 65.4 Å². The average Bonchev–Trinajstić information content (AvgIpc) is 2.57. The van der Waals surface area contributed by atoms with Gasteiger partial charge in [-0.25, -0.2) is 4.39 Å². The first-order valence-electron chi connectivity index (χ1n) is 7.82. The first-order chi connectivity index (χ1) is 11.1. The number of ether oxygens (including phenoxy) is 1. The Morgan fingerprint density at radius 1 is 1.52 bits per heavy atom. The molecule has 1 aliphatic rings. The van der Waals surface area contributed by atoms with E-state index < -0.39 is 5.82 Å². The van der Waals surface area contributed by atoms with Gasteiger partial charge in [0.2, 0.25) is 0 Å². The lowest BCUT2D eigenvalue weighted by atomic mass is 9.98. The predicted molar refractivity (Wildman–Crippen MR) is 84.5 cm³/mol. The standard InChI is InChI=1S/C17H22FN3O2/c1-23-6-5-21-4-2-3-13(12-21)11-20-17(22)15-7-14(10-19)8-16(18)9-15/h7-9,13H,2-6,11-12H2,1H3,(H,20,22)/t13-/m1/s1. The number of hydrogen-bond acceptors (Lipinski definition) is 4. The smallest absolute Gasteiger partial charge is 0.251 e. The fraction of sp³-hybridized carbons (Fsp3) is 0.529. The molecule has 1 aromatic rings. The van der Waals surface area contributed by atoms with Gasteiger partial charge in [0.15, 0.2) is 0 Å². The molecule has 124 valence electrons. The van der Waals surface area contributed by atoms with Crippen LogP contribution < -0.4 is 5.32 Å². The molecule has 1 N–H and O–H groups in total. The fourth-order valence-corrected chi connectivity index (χ4v) is 2.87. The Kier molecular flexibility index (Phi) is 6.51. The number of carbonyl (C=O) groups excluding carboxylic acids is 1. The molecule has 0 bridgehead atoms. The first kappa shape index (κ1) is 17.4. The van der Waals surface area contributed by atoms with Crippen molar-refractivity contribution < 1.29 is 13.9 Å². The normalized spacial score (nSPS) is 18.4. The van der Waals surface area contributed by atoms with E-state index in [1.807, 2.05) is 6.07 Å². The van der Waals surface area contributed by atoms with Crippen LogP contribution in [-0.4, -0.2) is 50.7 Å². The maximum atomic E-state index is 13.4. The number of amides is 1. The maximum absolute atomic E-state index is 13.4. The van der Waals surface area contributed by atoms with Gasteiger partial charge in [0.1, 0.15) is 5.82 Å². The molecule has 1 amide bonds. The van der Waals surface area contributed by atoms with Gasteiger partial charge in [-0.05, 0) is 43.5 Å². The Morgan fingerprint density at radius 3 is 3.09 bits per heavy atom. The van der Waals surface area contributed by atoms with Crippen molar-refractivity contribution in [2.45, 2.75) is 12.8 Å². The zero-order valence-corrected chi connectivity index (χ0v) is 13.3. The van der Waals surface area contributed by atoms with Crippen molar-refractivity contribution in [2.24, 2.45) is 5.92 Å². The molecular weight excluding hydrogens is 297 g/mol. The van der Waals surface area contributed by atoms with Gasteiger partial charge in [0, 0.05) is 32.3 Å². The third kappa shape index (κ3) is 5.31. The number of carbonyl (C=O) groups is 1. The predicted octanol–water partition coefficient (Wildman–Crippen LogP) is 1.79. The number of nitrogens with zero attached hydrogens (tertiary/aromatic N) is 2. The van der Waals surface area contributed by atoms with Crippen molar-refractivity contribution in [2.75, 3.05) is 39.9 Å². The van der Waals surface area contributed by atoms with E-state index >= 15 is 0 Å². The van der Waals surface area contributed by atoms with E-state index in [2.05, 4.69) is 10.2 Å². The molecule has 1 aromatic carbocycles. The van der Waals surface area contributed by atoms with Crippen molar-refractivity contribution in [1.29, 1.82) is 5.26 Å². The Bertz CT molecular complexity index is 586. The molecule has 0 aromatic heterocycles. The number of nitrogens with one attached hydrogen (secondary N) is 1. The second-order valence-corrected chi connectivity index (χ2v) is 5.85. The zero-order chi connectivity index (χ0) is 16.7. The summed E-state index contributed by atoms with van der Waals surface area (Å²) in [5.41, 5.74) is 0.340. The molecule has 0 saturated carbocycles. The van der Waals surface area contributed by atoms with E-state index in [-0.39, 0.29) is 17.0 Å². The van der Waals surface area contributed by atoms with Crippen LogP contribution in [0.15, 0.2) is 18.2 Å². The van der Waals surface area contributed by atoms with Gasteiger partial charge in [0.05, 0.1) is 18.2 Å². The highest BCUT2D eigenvalue weighted by Gasteiger charge is 2.20. The lowest BCUT2D eigenvalue weighted by Gasteiger charge is -2.32. The summed E-state index contributed by atoms with van der Waals surface area (Å²) in [6.07, 6.45) is 2.17. The van der Waals surface area contributed by atoms with E-state index in [1.54, 1.807) is 7.11 Å². The van der Waals surface area contributed by atoms with Crippen LogP contribution in [0.3, 0.4) is 0 Å². The Balaban J connectivity index is 1.86. The summed E-state index contributed by atoms with van der Waals surface area (Å²) >= 11 is 0. The first-order valence-corrected chi connectivity index (χ1v) is 7.82. The van der Waals surface area contributed by atoms with Crippen LogP contribution >= 0.6 is 0 Å². The molecule has 23 heavy (non-hydrogen) atoms. The summed E-state index contributed by atoms with van der Waals surface area (Å²) in [5, 5.41) is 11.7. The average molecular weight is 319 g/mol. The number of rotatable bonds is 6. The second-order valence-electron chi connectivity index (χ2n) is 5.85. The molecule has 0 aliphatic carbocycles. The van der Waals surface area contributed by atoms with Gasteiger partial charge < -0.3 is 15.0 Å². The van der Waals surface area contributed by atoms with Crippen LogP contribution in [0.4, 0.5) is 4.39 Å². The molecule has 1 aliphatic heterocycles. The molecule has 1 atom stereocenters. The fourth-order valence-electron chi connectivity index (χ4n) is 2.87. The van der Waals surface area contributed by atoms with Gasteiger partial charge in [-0.15, -0.1) is 0 Å². The van der Waals surface area contributed by atoms with Gasteiger partial charge in [-0.3, -0.25) is 4.79 Å². The molecular formula is C17H22FN3O2. The lowest BCUT2D eigenvalue weighted by Crippen LogP contribution is -2.42. The summed E-state index contributed by atoms with van der Waals surface area (Å²) in [4.78, 5) is 14.5. The number of halogens is 1. The van der Waals surface area contributed by atoms with Crippen LogP contribution in [0, 0.1) is 23.1 Å². The molecule has 0 radical (unpaired) electrons. The van der Waals surface area contributed by atoms with E-state index in [0.29, 0.717) is 19.1 Å². The number of piperidine rings is 1. The Morgan fingerprint density at radius 2 is 2.35 bits per heavy atom. The van der Waals surface area contributed by atoms with Crippen LogP contribution in [0.2, 0.25) is 0 Å². The van der Waals surface area contributed by atoms with Gasteiger partial charge in [0.25, 0.3) is 5.91 Å². The number of hydrogen-bond donors (Lipinski definition) is 1. The van der Waals surface area contributed by atoms with Crippen molar-refractivity contribution in [3.05, 3.63) is 35.1 Å². The summed E-state index contributed by atoms with van der Waals surface area (Å²) in [6.45, 7) is 4.15. The molecule has 1 fully saturated rings. The van der Waals surface area contributed by atoms with Crippen molar-refractivity contribution in [1.82, 2.24) is 10.2 Å². The number of benzene rings is 1. The zero-order valence-electron chi connectivity index (χ0n) is 13.3. The van der Waals surface area contributed by atoms with Gasteiger partial charge in [-0.2, -0.15) is 5.26 Å². The van der Waals surface area contributed by atoms with Crippen molar-refractivity contribution in [3.8, 4) is 6.07 Å². The molecule has 1 saturated heterocycles. The summed E-state index contributed by atoms with van der Waals surface area (Å²) in [6, 6.07) is 5.53. The van der Waals surface area contributed by atoms with Crippen molar-refractivity contribution >= 4 is 5.91 Å². The monoisotopic (exact) mass is 319 g/mol. The Hall–Kier alpha value is -1.97. The molecule has 2 rings (SSSR count).